The van der Waals surface area contributed by atoms with Crippen LogP contribution in [0.5, 0.6) is 5.75 Å². The number of benzene rings is 1. The minimum atomic E-state index is -0.621. The zero-order valence-corrected chi connectivity index (χ0v) is 17.0. The summed E-state index contributed by atoms with van der Waals surface area (Å²) in [5, 5.41) is 8.52. The Bertz CT molecular complexity index is 1300. The number of nitrogens with two attached hydrogens (primary N) is 1. The van der Waals surface area contributed by atoms with Gasteiger partial charge in [0.2, 0.25) is 5.95 Å². The van der Waals surface area contributed by atoms with Gasteiger partial charge in [-0.1, -0.05) is 0 Å². The van der Waals surface area contributed by atoms with E-state index in [9.17, 15) is 8.78 Å². The Labute approximate surface area is 177 Å². The number of rotatable bonds is 1. The van der Waals surface area contributed by atoms with Gasteiger partial charge in [-0.15, -0.1) is 5.10 Å². The zero-order valence-electron chi connectivity index (χ0n) is 17.0. The summed E-state index contributed by atoms with van der Waals surface area (Å²) in [6.07, 6.45) is 3.19. The van der Waals surface area contributed by atoms with Crippen molar-refractivity contribution in [3.05, 3.63) is 71.3 Å². The topological polar surface area (TPSA) is 83.8 Å². The van der Waals surface area contributed by atoms with Crippen LogP contribution in [0.4, 0.5) is 14.6 Å². The monoisotopic (exact) mass is 422 g/mol. The molecule has 4 aromatic rings. The number of pyridine rings is 1. The molecule has 0 saturated carbocycles. The fourth-order valence-corrected chi connectivity index (χ4v) is 4.02. The second kappa shape index (κ2) is 7.19. The van der Waals surface area contributed by atoms with Gasteiger partial charge in [0, 0.05) is 41.9 Å². The highest BCUT2D eigenvalue weighted by molar-refractivity contribution is 5.67. The van der Waals surface area contributed by atoms with Crippen molar-refractivity contribution in [3.8, 4) is 22.7 Å². The van der Waals surface area contributed by atoms with Crippen LogP contribution in [0.15, 0.2) is 42.7 Å². The molecule has 0 saturated heterocycles. The van der Waals surface area contributed by atoms with Crippen LogP contribution in [0.3, 0.4) is 0 Å². The van der Waals surface area contributed by atoms with E-state index in [0.29, 0.717) is 35.7 Å². The first-order chi connectivity index (χ1) is 14.9. The van der Waals surface area contributed by atoms with Crippen molar-refractivity contribution < 1.29 is 13.5 Å². The third-order valence-corrected chi connectivity index (χ3v) is 5.45. The minimum absolute atomic E-state index is 0.223. The van der Waals surface area contributed by atoms with Gasteiger partial charge in [0.25, 0.3) is 0 Å². The lowest BCUT2D eigenvalue weighted by Crippen LogP contribution is -2.13. The molecule has 4 heterocycles. The number of aryl methyl sites for hydroxylation is 1. The molecule has 0 radical (unpaired) electrons. The van der Waals surface area contributed by atoms with Crippen molar-refractivity contribution in [2.45, 2.75) is 32.9 Å². The highest BCUT2D eigenvalue weighted by Crippen LogP contribution is 2.35. The fourth-order valence-electron chi connectivity index (χ4n) is 4.02. The highest BCUT2D eigenvalue weighted by atomic mass is 19.1. The van der Waals surface area contributed by atoms with Crippen LogP contribution in [0.2, 0.25) is 0 Å². The predicted octanol–water partition coefficient (Wildman–Crippen LogP) is 4.06. The molecular formula is C22H20F2N6O. The average molecular weight is 422 g/mol. The lowest BCUT2D eigenvalue weighted by Gasteiger charge is -2.21. The molecule has 1 unspecified atom stereocenters. The number of fused-ring (bicyclic) bond motifs is 7. The van der Waals surface area contributed by atoms with Gasteiger partial charge in [-0.3, -0.25) is 4.68 Å². The van der Waals surface area contributed by atoms with E-state index in [2.05, 4.69) is 15.2 Å². The lowest BCUT2D eigenvalue weighted by atomic mass is 10.0. The molecule has 5 rings (SSSR count). The number of aromatic nitrogens is 5. The number of nitrogens with zero attached hydrogens (tertiary/aromatic N) is 5. The molecule has 0 aliphatic carbocycles. The Hall–Kier alpha value is -3.75. The van der Waals surface area contributed by atoms with Gasteiger partial charge < -0.3 is 10.5 Å². The van der Waals surface area contributed by atoms with E-state index >= 15 is 0 Å². The normalized spacial score (nSPS) is 15.2. The molecule has 158 valence electrons. The Kier molecular flexibility index (Phi) is 4.46. The van der Waals surface area contributed by atoms with Crippen LogP contribution < -0.4 is 10.5 Å². The SMILES string of the molecule is CCn1ncc2c1-c1cnc(N)c(c1)OC(C)c1cc(F)ccc1-n1nc(F)cc1C2. The van der Waals surface area contributed by atoms with Crippen molar-refractivity contribution in [3.63, 3.8) is 0 Å². The molecule has 0 fully saturated rings. The van der Waals surface area contributed by atoms with Crippen molar-refractivity contribution in [2.75, 3.05) is 5.73 Å². The summed E-state index contributed by atoms with van der Waals surface area (Å²) in [7, 11) is 0. The molecule has 2 N–H and O–H groups in total. The number of nitrogen functional groups attached to an aromatic ring is 1. The maximum Gasteiger partial charge on any atom is 0.233 e. The molecule has 1 aliphatic rings. The van der Waals surface area contributed by atoms with Gasteiger partial charge in [0.05, 0.1) is 23.3 Å². The van der Waals surface area contributed by atoms with Gasteiger partial charge in [-0.2, -0.15) is 9.49 Å². The third kappa shape index (κ3) is 3.22. The summed E-state index contributed by atoms with van der Waals surface area (Å²) in [6, 6.07) is 7.44. The van der Waals surface area contributed by atoms with Gasteiger partial charge in [-0.05, 0) is 38.1 Å². The maximum absolute atomic E-state index is 14.3. The Balaban J connectivity index is 1.81. The molecule has 2 bridgehead atoms. The van der Waals surface area contributed by atoms with Crippen molar-refractivity contribution in [2.24, 2.45) is 0 Å². The van der Waals surface area contributed by atoms with Crippen LogP contribution in [-0.2, 0) is 13.0 Å². The average Bonchev–Trinajstić information content (AvgIpc) is 3.32. The Morgan fingerprint density at radius 2 is 2.03 bits per heavy atom. The summed E-state index contributed by atoms with van der Waals surface area (Å²) < 4.78 is 37.9. The summed E-state index contributed by atoms with van der Waals surface area (Å²) in [6.45, 7) is 4.40. The van der Waals surface area contributed by atoms with Crippen molar-refractivity contribution >= 4 is 5.82 Å². The first-order valence-corrected chi connectivity index (χ1v) is 9.96. The molecule has 7 nitrogen and oxygen atoms in total. The van der Waals surface area contributed by atoms with Crippen LogP contribution >= 0.6 is 0 Å². The van der Waals surface area contributed by atoms with Gasteiger partial charge >= 0.3 is 0 Å². The molecule has 1 aliphatic heterocycles. The molecule has 1 aromatic carbocycles. The van der Waals surface area contributed by atoms with Gasteiger partial charge in [-0.25, -0.2) is 14.1 Å². The lowest BCUT2D eigenvalue weighted by molar-refractivity contribution is 0.226. The first-order valence-electron chi connectivity index (χ1n) is 9.96. The Morgan fingerprint density at radius 3 is 2.84 bits per heavy atom. The third-order valence-electron chi connectivity index (χ3n) is 5.45. The molecular weight excluding hydrogens is 402 g/mol. The molecule has 9 heteroatoms. The minimum Gasteiger partial charge on any atom is -0.482 e. The van der Waals surface area contributed by atoms with Gasteiger partial charge in [0.1, 0.15) is 11.9 Å². The zero-order chi connectivity index (χ0) is 21.7. The largest absolute Gasteiger partial charge is 0.482 e. The first kappa shape index (κ1) is 19.2. The second-order valence-corrected chi connectivity index (χ2v) is 7.45. The van der Waals surface area contributed by atoms with E-state index in [4.69, 9.17) is 10.5 Å². The van der Waals surface area contributed by atoms with Crippen LogP contribution in [0, 0.1) is 11.8 Å². The van der Waals surface area contributed by atoms with Crippen LogP contribution in [0.1, 0.15) is 36.8 Å². The molecule has 3 aromatic heterocycles. The molecule has 0 spiro atoms. The predicted molar refractivity (Wildman–Crippen MR) is 111 cm³/mol. The standard InChI is InChI=1S/C22H20F2N6O/c1-3-29-21-13(11-27-29)6-16-9-20(24)28-30(16)18-5-4-15(23)8-17(18)12(2)31-19-7-14(21)10-26-22(19)25/h4-5,7-12H,3,6H2,1-2H3,(H2,25,26). The summed E-state index contributed by atoms with van der Waals surface area (Å²) in [5.41, 5.74) is 10.2. The van der Waals surface area contributed by atoms with E-state index in [-0.39, 0.29) is 5.82 Å². The van der Waals surface area contributed by atoms with Crippen LogP contribution in [-0.4, -0.2) is 24.5 Å². The summed E-state index contributed by atoms with van der Waals surface area (Å²) in [4.78, 5) is 4.30. The molecule has 1 atom stereocenters. The number of hydrogen-bond donors (Lipinski definition) is 1. The van der Waals surface area contributed by atoms with E-state index in [1.165, 1.54) is 22.9 Å². The number of hydrogen-bond acceptors (Lipinski definition) is 5. The second-order valence-electron chi connectivity index (χ2n) is 7.45. The van der Waals surface area contributed by atoms with Crippen molar-refractivity contribution in [1.29, 1.82) is 0 Å². The van der Waals surface area contributed by atoms with E-state index in [1.807, 2.05) is 17.7 Å². The number of ether oxygens (including phenoxy) is 1. The van der Waals surface area contributed by atoms with Crippen LogP contribution in [0.25, 0.3) is 16.9 Å². The maximum atomic E-state index is 14.3. The molecule has 31 heavy (non-hydrogen) atoms. The summed E-state index contributed by atoms with van der Waals surface area (Å²) in [5.74, 6) is -0.450. The summed E-state index contributed by atoms with van der Waals surface area (Å²) >= 11 is 0. The van der Waals surface area contributed by atoms with Crippen molar-refractivity contribution in [1.82, 2.24) is 24.5 Å². The quantitative estimate of drug-likeness (QED) is 0.500. The fraction of sp³-hybridized carbons (Fsp3) is 0.227. The van der Waals surface area contributed by atoms with E-state index in [1.54, 1.807) is 25.4 Å². The smallest absolute Gasteiger partial charge is 0.233 e. The van der Waals surface area contributed by atoms with E-state index in [0.717, 1.165) is 16.8 Å². The highest BCUT2D eigenvalue weighted by Gasteiger charge is 2.23. The van der Waals surface area contributed by atoms with Gasteiger partial charge in [0.15, 0.2) is 11.6 Å². The van der Waals surface area contributed by atoms with E-state index < -0.39 is 17.9 Å². The Morgan fingerprint density at radius 1 is 1.19 bits per heavy atom. The molecule has 0 amide bonds. The number of halogens is 2. The number of anilines is 1.